The van der Waals surface area contributed by atoms with Crippen molar-refractivity contribution in [2.45, 2.75) is 19.8 Å². The number of benzene rings is 2. The van der Waals surface area contributed by atoms with Crippen molar-refractivity contribution in [1.29, 1.82) is 0 Å². The van der Waals surface area contributed by atoms with E-state index in [1.165, 1.54) is 0 Å². The molecule has 0 atom stereocenters. The van der Waals surface area contributed by atoms with Crippen molar-refractivity contribution < 1.29 is 9.26 Å². The molecule has 0 fully saturated rings. The second-order valence-corrected chi connectivity index (χ2v) is 6.96. The molecule has 0 aliphatic carbocycles. The molecule has 1 aromatic heterocycles. The minimum absolute atomic E-state index is 0.526. The third-order valence-corrected chi connectivity index (χ3v) is 4.61. The lowest BCUT2D eigenvalue weighted by Gasteiger charge is -2.12. The quantitative estimate of drug-likeness (QED) is 0.399. The van der Waals surface area contributed by atoms with E-state index in [9.17, 15) is 0 Å². The maximum Gasteiger partial charge on any atom is 0.228 e. The highest BCUT2D eigenvalue weighted by Gasteiger charge is 2.09. The van der Waals surface area contributed by atoms with Gasteiger partial charge in [0.25, 0.3) is 0 Å². The number of guanidine groups is 1. The Balaban J connectivity index is 1.52. The molecule has 7 nitrogen and oxygen atoms in total. The summed E-state index contributed by atoms with van der Waals surface area (Å²) in [6.07, 6.45) is 1.39. The maximum absolute atomic E-state index is 6.02. The highest BCUT2D eigenvalue weighted by Crippen LogP contribution is 2.20. The van der Waals surface area contributed by atoms with Crippen molar-refractivity contribution in [1.82, 2.24) is 20.8 Å². The Kier molecular flexibility index (Phi) is 8.09. The summed E-state index contributed by atoms with van der Waals surface area (Å²) >= 11 is 6.02. The highest BCUT2D eigenvalue weighted by atomic mass is 35.5. The average molecular weight is 428 g/mol. The van der Waals surface area contributed by atoms with Gasteiger partial charge in [0.15, 0.2) is 5.96 Å². The molecule has 0 unspecified atom stereocenters. The molecule has 0 amide bonds. The largest absolute Gasteiger partial charge is 0.496 e. The lowest BCUT2D eigenvalue weighted by molar-refractivity contribution is 0.380. The van der Waals surface area contributed by atoms with Crippen LogP contribution < -0.4 is 15.4 Å². The molecule has 0 aliphatic heterocycles. The number of nitrogens with one attached hydrogen (secondary N) is 2. The summed E-state index contributed by atoms with van der Waals surface area (Å²) in [5.74, 6) is 2.71. The average Bonchev–Trinajstić information content (AvgIpc) is 3.23. The van der Waals surface area contributed by atoms with Crippen LogP contribution in [0, 0.1) is 0 Å². The fourth-order valence-electron chi connectivity index (χ4n) is 2.93. The van der Waals surface area contributed by atoms with Crippen LogP contribution in [0.25, 0.3) is 11.4 Å². The van der Waals surface area contributed by atoms with E-state index in [4.69, 9.17) is 20.9 Å². The van der Waals surface area contributed by atoms with Gasteiger partial charge in [0.2, 0.25) is 11.7 Å². The first-order valence-corrected chi connectivity index (χ1v) is 10.3. The summed E-state index contributed by atoms with van der Waals surface area (Å²) in [6, 6.07) is 15.4. The first kappa shape index (κ1) is 21.6. The lowest BCUT2D eigenvalue weighted by atomic mass is 10.1. The molecular weight excluding hydrogens is 402 g/mol. The maximum atomic E-state index is 6.02. The fraction of sp³-hybridized carbons (Fsp3) is 0.318. The molecule has 0 saturated heterocycles. The first-order valence-electron chi connectivity index (χ1n) is 9.92. The molecule has 2 N–H and O–H groups in total. The first-order chi connectivity index (χ1) is 14.7. The SMILES string of the molecule is CCNC(=NCCc1nc(-c2cccc(Cl)c2)no1)NCCc1ccccc1OC. The summed E-state index contributed by atoms with van der Waals surface area (Å²) in [5, 5.41) is 11.3. The second-order valence-electron chi connectivity index (χ2n) is 6.52. The second kappa shape index (κ2) is 11.2. The molecule has 3 aromatic rings. The van der Waals surface area contributed by atoms with Crippen molar-refractivity contribution in [2.75, 3.05) is 26.7 Å². The number of nitrogens with zero attached hydrogens (tertiary/aromatic N) is 3. The van der Waals surface area contributed by atoms with Crippen LogP contribution in [0.3, 0.4) is 0 Å². The molecule has 30 heavy (non-hydrogen) atoms. The van der Waals surface area contributed by atoms with Crippen molar-refractivity contribution in [3.05, 3.63) is 65.0 Å². The third kappa shape index (κ3) is 6.22. The van der Waals surface area contributed by atoms with Gasteiger partial charge in [-0.2, -0.15) is 4.98 Å². The van der Waals surface area contributed by atoms with E-state index in [2.05, 4.69) is 31.8 Å². The van der Waals surface area contributed by atoms with Gasteiger partial charge < -0.3 is 19.9 Å². The fourth-order valence-corrected chi connectivity index (χ4v) is 3.12. The molecule has 3 rings (SSSR count). The van der Waals surface area contributed by atoms with E-state index >= 15 is 0 Å². The van der Waals surface area contributed by atoms with Gasteiger partial charge in [-0.1, -0.05) is 47.1 Å². The number of aromatic nitrogens is 2. The van der Waals surface area contributed by atoms with E-state index in [0.717, 1.165) is 42.3 Å². The number of hydrogen-bond donors (Lipinski definition) is 2. The number of methoxy groups -OCH3 is 1. The Morgan fingerprint density at radius 1 is 1.13 bits per heavy atom. The zero-order valence-corrected chi connectivity index (χ0v) is 17.9. The van der Waals surface area contributed by atoms with Gasteiger partial charge >= 0.3 is 0 Å². The zero-order chi connectivity index (χ0) is 21.2. The molecule has 0 bridgehead atoms. The van der Waals surface area contributed by atoms with Crippen LogP contribution in [-0.2, 0) is 12.8 Å². The topological polar surface area (TPSA) is 84.6 Å². The smallest absolute Gasteiger partial charge is 0.228 e. The number of para-hydroxylation sites is 1. The van der Waals surface area contributed by atoms with Gasteiger partial charge in [-0.15, -0.1) is 0 Å². The predicted molar refractivity (Wildman–Crippen MR) is 119 cm³/mol. The molecular formula is C22H26ClN5O2. The van der Waals surface area contributed by atoms with Crippen molar-refractivity contribution in [2.24, 2.45) is 4.99 Å². The molecule has 0 spiro atoms. The van der Waals surface area contributed by atoms with Gasteiger partial charge in [0.1, 0.15) is 5.75 Å². The molecule has 158 valence electrons. The lowest BCUT2D eigenvalue weighted by Crippen LogP contribution is -2.38. The van der Waals surface area contributed by atoms with Gasteiger partial charge in [-0.3, -0.25) is 4.99 Å². The van der Waals surface area contributed by atoms with Gasteiger partial charge in [-0.25, -0.2) is 0 Å². The van der Waals surface area contributed by atoms with E-state index in [1.54, 1.807) is 7.11 Å². The molecule has 2 aromatic carbocycles. The molecule has 8 heteroatoms. The van der Waals surface area contributed by atoms with E-state index in [0.29, 0.717) is 29.7 Å². The Bertz CT molecular complexity index is 973. The van der Waals surface area contributed by atoms with E-state index in [1.807, 2.05) is 49.4 Å². The normalized spacial score (nSPS) is 11.4. The van der Waals surface area contributed by atoms with E-state index < -0.39 is 0 Å². The van der Waals surface area contributed by atoms with Crippen LogP contribution in [0.2, 0.25) is 5.02 Å². The van der Waals surface area contributed by atoms with Gasteiger partial charge in [-0.05, 0) is 37.1 Å². The number of rotatable bonds is 9. The van der Waals surface area contributed by atoms with Crippen LogP contribution in [0.1, 0.15) is 18.4 Å². The number of halogens is 1. The Morgan fingerprint density at radius 3 is 2.80 bits per heavy atom. The summed E-state index contributed by atoms with van der Waals surface area (Å²) in [6.45, 7) is 4.08. The van der Waals surface area contributed by atoms with Crippen molar-refractivity contribution >= 4 is 17.6 Å². The van der Waals surface area contributed by atoms with E-state index in [-0.39, 0.29) is 0 Å². The summed E-state index contributed by atoms with van der Waals surface area (Å²) in [5.41, 5.74) is 1.98. The molecule has 1 heterocycles. The van der Waals surface area contributed by atoms with Crippen molar-refractivity contribution in [3.63, 3.8) is 0 Å². The number of hydrogen-bond acceptors (Lipinski definition) is 5. The highest BCUT2D eigenvalue weighted by molar-refractivity contribution is 6.30. The summed E-state index contributed by atoms with van der Waals surface area (Å²) in [7, 11) is 1.69. The molecule has 0 aliphatic rings. The summed E-state index contributed by atoms with van der Waals surface area (Å²) in [4.78, 5) is 9.02. The standard InChI is InChI=1S/C22H26ClN5O2/c1-3-24-22(25-13-11-16-7-4-5-10-19(16)29-2)26-14-12-20-27-21(28-30-20)17-8-6-9-18(23)15-17/h4-10,15H,3,11-14H2,1-2H3,(H2,24,25,26). The van der Waals surface area contributed by atoms with Crippen LogP contribution in [-0.4, -0.2) is 42.8 Å². The van der Waals surface area contributed by atoms with Crippen LogP contribution >= 0.6 is 11.6 Å². The minimum atomic E-state index is 0.526. The monoisotopic (exact) mass is 427 g/mol. The Hall–Kier alpha value is -3.06. The Morgan fingerprint density at radius 2 is 2.00 bits per heavy atom. The third-order valence-electron chi connectivity index (χ3n) is 4.37. The number of ether oxygens (including phenoxy) is 1. The minimum Gasteiger partial charge on any atom is -0.496 e. The van der Waals surface area contributed by atoms with Crippen molar-refractivity contribution in [3.8, 4) is 17.1 Å². The zero-order valence-electron chi connectivity index (χ0n) is 17.2. The van der Waals surface area contributed by atoms with Gasteiger partial charge in [0, 0.05) is 30.1 Å². The predicted octanol–water partition coefficient (Wildman–Crippen LogP) is 3.74. The molecule has 0 radical (unpaired) electrons. The summed E-state index contributed by atoms with van der Waals surface area (Å²) < 4.78 is 10.7. The molecule has 0 saturated carbocycles. The number of aliphatic imine (C=N–C) groups is 1. The van der Waals surface area contributed by atoms with Crippen LogP contribution in [0.15, 0.2) is 58.0 Å². The Labute approximate surface area is 181 Å². The van der Waals surface area contributed by atoms with Crippen LogP contribution in [0.4, 0.5) is 0 Å². The van der Waals surface area contributed by atoms with Gasteiger partial charge in [0.05, 0.1) is 13.7 Å². The van der Waals surface area contributed by atoms with Crippen LogP contribution in [0.5, 0.6) is 5.75 Å².